The number of hydrogen-bond donors (Lipinski definition) is 1. The molecule has 1 N–H and O–H groups in total. The van der Waals surface area contributed by atoms with Gasteiger partial charge in [0.1, 0.15) is 12.3 Å². The first-order valence-electron chi connectivity index (χ1n) is 11.3. The minimum absolute atomic E-state index is 0.0302. The van der Waals surface area contributed by atoms with Crippen LogP contribution in [0.25, 0.3) is 10.9 Å². The zero-order chi connectivity index (χ0) is 21.9. The van der Waals surface area contributed by atoms with Gasteiger partial charge < -0.3 is 9.40 Å². The van der Waals surface area contributed by atoms with Gasteiger partial charge in [-0.2, -0.15) is 0 Å². The van der Waals surface area contributed by atoms with Crippen LogP contribution in [-0.2, 0) is 19.6 Å². The molecule has 0 spiro atoms. The zero-order valence-corrected chi connectivity index (χ0v) is 18.3. The van der Waals surface area contributed by atoms with Gasteiger partial charge in [-0.25, -0.2) is 4.68 Å². The van der Waals surface area contributed by atoms with Crippen LogP contribution in [0.2, 0.25) is 0 Å². The Morgan fingerprint density at radius 3 is 2.84 bits per heavy atom. The number of pyridine rings is 1. The summed E-state index contributed by atoms with van der Waals surface area (Å²) in [6.07, 6.45) is 7.62. The fourth-order valence-corrected chi connectivity index (χ4v) is 4.66. The first-order valence-corrected chi connectivity index (χ1v) is 11.3. The van der Waals surface area contributed by atoms with E-state index < -0.39 is 0 Å². The number of rotatable bonds is 7. The number of nitrogens with one attached hydrogen (secondary N) is 1. The van der Waals surface area contributed by atoms with Crippen molar-refractivity contribution < 1.29 is 4.42 Å². The highest BCUT2D eigenvalue weighted by atomic mass is 16.3. The van der Waals surface area contributed by atoms with Gasteiger partial charge in [-0.3, -0.25) is 9.69 Å². The standard InChI is InChI=1S/C24H28N6O2/c1-17-9-10-22-18(12-17)13-19(24(31)25-22)14-29(20-6-3-2-4-7-20)16-23-26-27-28-30(23)15-21-8-5-11-32-21/h5,8-13,20H,2-4,6-7,14-16H2,1H3,(H,25,31). The largest absolute Gasteiger partial charge is 0.467 e. The van der Waals surface area contributed by atoms with Crippen LogP contribution in [0.1, 0.15) is 54.8 Å². The summed E-state index contributed by atoms with van der Waals surface area (Å²) in [5.41, 5.74) is 2.80. The van der Waals surface area contributed by atoms with E-state index in [1.54, 1.807) is 10.9 Å². The minimum atomic E-state index is -0.0302. The van der Waals surface area contributed by atoms with E-state index in [0.717, 1.165) is 40.9 Å². The molecule has 0 saturated heterocycles. The molecule has 3 heterocycles. The number of hydrogen-bond acceptors (Lipinski definition) is 6. The monoisotopic (exact) mass is 432 g/mol. The summed E-state index contributed by atoms with van der Waals surface area (Å²) < 4.78 is 7.25. The van der Waals surface area contributed by atoms with Crippen LogP contribution in [0.5, 0.6) is 0 Å². The molecule has 32 heavy (non-hydrogen) atoms. The molecule has 8 nitrogen and oxygen atoms in total. The fourth-order valence-electron chi connectivity index (χ4n) is 4.66. The SMILES string of the molecule is Cc1ccc2[nH]c(=O)c(CN(Cc3nnnn3Cc3ccco3)C3CCCCC3)cc2c1. The third kappa shape index (κ3) is 4.50. The predicted octanol–water partition coefficient (Wildman–Crippen LogP) is 3.80. The highest BCUT2D eigenvalue weighted by Crippen LogP contribution is 2.25. The summed E-state index contributed by atoms with van der Waals surface area (Å²) in [6, 6.07) is 12.3. The van der Waals surface area contributed by atoms with Gasteiger partial charge in [0.2, 0.25) is 0 Å². The second-order valence-electron chi connectivity index (χ2n) is 8.74. The van der Waals surface area contributed by atoms with E-state index in [1.807, 2.05) is 30.3 Å². The van der Waals surface area contributed by atoms with E-state index in [2.05, 4.69) is 38.4 Å². The Balaban J connectivity index is 1.43. The highest BCUT2D eigenvalue weighted by Gasteiger charge is 2.24. The van der Waals surface area contributed by atoms with Gasteiger partial charge >= 0.3 is 0 Å². The number of aromatic amines is 1. The maximum Gasteiger partial charge on any atom is 0.252 e. The van der Waals surface area contributed by atoms with E-state index in [9.17, 15) is 4.79 Å². The second kappa shape index (κ2) is 9.08. The van der Waals surface area contributed by atoms with Crippen LogP contribution >= 0.6 is 0 Å². The molecule has 5 rings (SSSR count). The summed E-state index contributed by atoms with van der Waals surface area (Å²) >= 11 is 0. The molecular weight excluding hydrogens is 404 g/mol. The third-order valence-corrected chi connectivity index (χ3v) is 6.38. The van der Waals surface area contributed by atoms with Crippen molar-refractivity contribution in [1.29, 1.82) is 0 Å². The number of H-pyrrole nitrogens is 1. The molecule has 166 valence electrons. The third-order valence-electron chi connectivity index (χ3n) is 6.38. The summed E-state index contributed by atoms with van der Waals surface area (Å²) in [4.78, 5) is 18.3. The van der Waals surface area contributed by atoms with Crippen molar-refractivity contribution in [2.75, 3.05) is 0 Å². The van der Waals surface area contributed by atoms with E-state index in [1.165, 1.54) is 24.8 Å². The van der Waals surface area contributed by atoms with Gasteiger partial charge in [0.25, 0.3) is 5.56 Å². The van der Waals surface area contributed by atoms with E-state index >= 15 is 0 Å². The Bertz CT molecular complexity index is 1240. The molecule has 8 heteroatoms. The van der Waals surface area contributed by atoms with Gasteiger partial charge in [0.15, 0.2) is 5.82 Å². The highest BCUT2D eigenvalue weighted by molar-refractivity contribution is 5.79. The number of aryl methyl sites for hydroxylation is 1. The summed E-state index contributed by atoms with van der Waals surface area (Å²) in [7, 11) is 0. The van der Waals surface area contributed by atoms with Crippen LogP contribution in [0.4, 0.5) is 0 Å². The summed E-state index contributed by atoms with van der Waals surface area (Å²) in [5.74, 6) is 1.59. The Morgan fingerprint density at radius 1 is 1.16 bits per heavy atom. The van der Waals surface area contributed by atoms with Crippen molar-refractivity contribution in [3.8, 4) is 0 Å². The van der Waals surface area contributed by atoms with E-state index in [4.69, 9.17) is 4.42 Å². The molecule has 1 aromatic carbocycles. The number of tetrazole rings is 1. The van der Waals surface area contributed by atoms with Gasteiger partial charge in [0, 0.05) is 23.7 Å². The number of furan rings is 1. The van der Waals surface area contributed by atoms with Crippen molar-refractivity contribution >= 4 is 10.9 Å². The molecule has 0 bridgehead atoms. The zero-order valence-electron chi connectivity index (χ0n) is 18.3. The summed E-state index contributed by atoms with van der Waals surface area (Å²) in [6.45, 7) is 3.71. The molecule has 3 aromatic heterocycles. The molecule has 0 aliphatic heterocycles. The molecule has 0 unspecified atom stereocenters. The Labute approximate surface area is 186 Å². The lowest BCUT2D eigenvalue weighted by molar-refractivity contribution is 0.133. The van der Waals surface area contributed by atoms with E-state index in [-0.39, 0.29) is 5.56 Å². The predicted molar refractivity (Wildman–Crippen MR) is 121 cm³/mol. The topological polar surface area (TPSA) is 92.8 Å². The van der Waals surface area contributed by atoms with Crippen LogP contribution in [0.15, 0.2) is 51.9 Å². The van der Waals surface area contributed by atoms with Gasteiger partial charge in [0.05, 0.1) is 12.8 Å². The molecule has 1 saturated carbocycles. The number of aromatic nitrogens is 5. The maximum atomic E-state index is 12.9. The van der Waals surface area contributed by atoms with Crippen molar-refractivity contribution in [2.45, 2.75) is 64.7 Å². The fraction of sp³-hybridized carbons (Fsp3) is 0.417. The number of nitrogens with zero attached hydrogens (tertiary/aromatic N) is 5. The van der Waals surface area contributed by atoms with Crippen LogP contribution in [-0.4, -0.2) is 36.1 Å². The number of fused-ring (bicyclic) bond motifs is 1. The molecule has 1 aliphatic rings. The first kappa shape index (κ1) is 20.6. The molecule has 1 aliphatic carbocycles. The van der Waals surface area contributed by atoms with Crippen molar-refractivity contribution in [3.05, 3.63) is 75.7 Å². The normalized spacial score (nSPS) is 15.1. The molecule has 0 radical (unpaired) electrons. The molecule has 1 fully saturated rings. The van der Waals surface area contributed by atoms with Gasteiger partial charge in [-0.15, -0.1) is 5.10 Å². The van der Waals surface area contributed by atoms with Crippen molar-refractivity contribution in [2.24, 2.45) is 0 Å². The van der Waals surface area contributed by atoms with E-state index in [0.29, 0.717) is 25.7 Å². The molecule has 0 amide bonds. The van der Waals surface area contributed by atoms with Crippen LogP contribution < -0.4 is 5.56 Å². The lowest BCUT2D eigenvalue weighted by Crippen LogP contribution is -2.38. The Kier molecular flexibility index (Phi) is 5.85. The van der Waals surface area contributed by atoms with Gasteiger partial charge in [-0.05, 0) is 65.9 Å². The molecular formula is C24H28N6O2. The van der Waals surface area contributed by atoms with Crippen LogP contribution in [0.3, 0.4) is 0 Å². The average molecular weight is 433 g/mol. The Morgan fingerprint density at radius 2 is 2.03 bits per heavy atom. The molecule has 4 aromatic rings. The lowest BCUT2D eigenvalue weighted by Gasteiger charge is -2.33. The second-order valence-corrected chi connectivity index (χ2v) is 8.74. The van der Waals surface area contributed by atoms with Crippen LogP contribution in [0, 0.1) is 6.92 Å². The molecule has 0 atom stereocenters. The van der Waals surface area contributed by atoms with Gasteiger partial charge in [-0.1, -0.05) is 30.9 Å². The average Bonchev–Trinajstić information content (AvgIpc) is 3.47. The first-order chi connectivity index (χ1) is 15.7. The number of benzene rings is 1. The maximum absolute atomic E-state index is 12.9. The van der Waals surface area contributed by atoms with Crippen molar-refractivity contribution in [3.63, 3.8) is 0 Å². The Hall–Kier alpha value is -3.26. The summed E-state index contributed by atoms with van der Waals surface area (Å²) in [5, 5.41) is 13.4. The lowest BCUT2D eigenvalue weighted by atomic mass is 9.93. The smallest absolute Gasteiger partial charge is 0.252 e. The quantitative estimate of drug-likeness (QED) is 0.477. The van der Waals surface area contributed by atoms with Crippen molar-refractivity contribution in [1.82, 2.24) is 30.1 Å². The minimum Gasteiger partial charge on any atom is -0.467 e.